The highest BCUT2D eigenvalue weighted by atomic mass is 32.2. The molecule has 1 saturated heterocycles. The number of sulfonamides is 1. The summed E-state index contributed by atoms with van der Waals surface area (Å²) in [5.41, 5.74) is 0.346. The maximum Gasteiger partial charge on any atom is 0.224 e. The summed E-state index contributed by atoms with van der Waals surface area (Å²) in [5, 5.41) is 5.39. The van der Waals surface area contributed by atoms with Crippen LogP contribution in [0.2, 0.25) is 0 Å². The second-order valence-electron chi connectivity index (χ2n) is 8.73. The van der Waals surface area contributed by atoms with E-state index in [9.17, 15) is 13.2 Å². The number of hydrogen-bond acceptors (Lipinski definition) is 4. The lowest BCUT2D eigenvalue weighted by Gasteiger charge is -2.36. The number of aromatic nitrogens is 1. The molecule has 164 valence electrons. The Morgan fingerprint density at radius 1 is 1.13 bits per heavy atom. The van der Waals surface area contributed by atoms with E-state index in [0.29, 0.717) is 25.9 Å². The second-order valence-corrected chi connectivity index (χ2v) is 10.7. The van der Waals surface area contributed by atoms with Gasteiger partial charge in [0.25, 0.3) is 0 Å². The van der Waals surface area contributed by atoms with Crippen LogP contribution in [0.25, 0.3) is 10.8 Å². The highest BCUT2D eigenvalue weighted by molar-refractivity contribution is 7.88. The second kappa shape index (κ2) is 8.97. The van der Waals surface area contributed by atoms with Crippen molar-refractivity contribution in [3.63, 3.8) is 0 Å². The predicted molar refractivity (Wildman–Crippen MR) is 122 cm³/mol. The first-order valence-electron chi connectivity index (χ1n) is 11.0. The van der Waals surface area contributed by atoms with Crippen LogP contribution in [0, 0.1) is 17.8 Å². The molecule has 6 nitrogen and oxygen atoms in total. The van der Waals surface area contributed by atoms with Crippen LogP contribution in [-0.2, 0) is 14.8 Å². The van der Waals surface area contributed by atoms with Gasteiger partial charge < -0.3 is 5.32 Å². The average molecular weight is 440 g/mol. The molecule has 1 aliphatic heterocycles. The van der Waals surface area contributed by atoms with Gasteiger partial charge in [0.15, 0.2) is 0 Å². The van der Waals surface area contributed by atoms with E-state index in [2.05, 4.69) is 22.1 Å². The van der Waals surface area contributed by atoms with Crippen LogP contribution in [0.4, 0.5) is 0 Å². The van der Waals surface area contributed by atoms with Crippen molar-refractivity contribution in [1.29, 1.82) is 0 Å². The van der Waals surface area contributed by atoms with Crippen LogP contribution in [0.5, 0.6) is 0 Å². The first-order valence-corrected chi connectivity index (χ1v) is 12.8. The molecule has 1 N–H and O–H groups in total. The summed E-state index contributed by atoms with van der Waals surface area (Å²) in [6.45, 7) is 0.800. The van der Waals surface area contributed by atoms with E-state index in [4.69, 9.17) is 0 Å². The van der Waals surface area contributed by atoms with Crippen molar-refractivity contribution >= 4 is 26.7 Å². The maximum absolute atomic E-state index is 13.1. The summed E-state index contributed by atoms with van der Waals surface area (Å²) in [5.74, 6) is 6.57. The lowest BCUT2D eigenvalue weighted by molar-refractivity contribution is -0.127. The van der Waals surface area contributed by atoms with E-state index >= 15 is 0 Å². The Bertz CT molecular complexity index is 1110. The number of amides is 1. The Labute approximate surface area is 184 Å². The van der Waals surface area contributed by atoms with E-state index in [1.54, 1.807) is 6.20 Å². The quantitative estimate of drug-likeness (QED) is 0.746. The van der Waals surface area contributed by atoms with E-state index in [1.807, 2.05) is 30.5 Å². The summed E-state index contributed by atoms with van der Waals surface area (Å²) in [7, 11) is -3.20. The molecule has 4 rings (SSSR count). The van der Waals surface area contributed by atoms with Gasteiger partial charge in [-0.15, -0.1) is 0 Å². The Kier molecular flexibility index (Phi) is 6.31. The van der Waals surface area contributed by atoms with Crippen molar-refractivity contribution in [3.8, 4) is 11.8 Å². The zero-order valence-electron chi connectivity index (χ0n) is 17.9. The molecule has 1 saturated carbocycles. The first kappa shape index (κ1) is 21.8. The minimum atomic E-state index is -3.20. The number of carbonyl (C=O) groups excluding carboxylic acids is 1. The molecule has 0 atom stereocenters. The average Bonchev–Trinajstić information content (AvgIpc) is 2.78. The third-order valence-electron chi connectivity index (χ3n) is 6.47. The zero-order valence-corrected chi connectivity index (χ0v) is 18.7. The van der Waals surface area contributed by atoms with Gasteiger partial charge >= 0.3 is 0 Å². The molecule has 1 amide bonds. The van der Waals surface area contributed by atoms with Crippen molar-refractivity contribution in [1.82, 2.24) is 14.6 Å². The highest BCUT2D eigenvalue weighted by Gasteiger charge is 2.36. The van der Waals surface area contributed by atoms with Gasteiger partial charge in [0.1, 0.15) is 5.54 Å². The van der Waals surface area contributed by atoms with E-state index < -0.39 is 15.6 Å². The molecule has 31 heavy (non-hydrogen) atoms. The minimum Gasteiger partial charge on any atom is -0.340 e. The standard InChI is InChI=1S/C24H29N3O3S/c1-31(29,30)27-15-10-19(11-16-27)23(28)26-24(12-5-2-6-13-24)14-9-21-18-25-17-20-7-3-4-8-22(20)21/h3-4,7-8,17-19H,2,5-6,10-13,15-16H2,1H3,(H,26,28). The minimum absolute atomic E-state index is 0.000366. The van der Waals surface area contributed by atoms with Gasteiger partial charge in [0.05, 0.1) is 11.8 Å². The van der Waals surface area contributed by atoms with Gasteiger partial charge in [-0.25, -0.2) is 12.7 Å². The van der Waals surface area contributed by atoms with Crippen molar-refractivity contribution < 1.29 is 13.2 Å². The van der Waals surface area contributed by atoms with E-state index in [-0.39, 0.29) is 11.8 Å². The molecule has 2 aromatic rings. The summed E-state index contributed by atoms with van der Waals surface area (Å²) in [6.07, 6.45) is 10.9. The molecule has 7 heteroatoms. The molecular formula is C24H29N3O3S. The molecule has 1 aromatic carbocycles. The van der Waals surface area contributed by atoms with Gasteiger partial charge in [-0.2, -0.15) is 0 Å². The molecule has 2 aliphatic rings. The van der Waals surface area contributed by atoms with E-state index in [1.165, 1.54) is 10.6 Å². The smallest absolute Gasteiger partial charge is 0.224 e. The summed E-state index contributed by atoms with van der Waals surface area (Å²) in [4.78, 5) is 17.4. The fourth-order valence-electron chi connectivity index (χ4n) is 4.63. The Balaban J connectivity index is 1.53. The number of rotatable bonds is 3. The van der Waals surface area contributed by atoms with Gasteiger partial charge in [-0.1, -0.05) is 55.4 Å². The number of piperidine rings is 1. The van der Waals surface area contributed by atoms with Gasteiger partial charge in [-0.05, 0) is 25.7 Å². The molecule has 2 heterocycles. The van der Waals surface area contributed by atoms with Crippen LogP contribution < -0.4 is 5.32 Å². The summed E-state index contributed by atoms with van der Waals surface area (Å²) >= 11 is 0. The molecule has 1 aromatic heterocycles. The number of nitrogens with one attached hydrogen (secondary N) is 1. The number of hydrogen-bond donors (Lipinski definition) is 1. The number of fused-ring (bicyclic) bond motifs is 1. The monoisotopic (exact) mass is 439 g/mol. The molecular weight excluding hydrogens is 410 g/mol. The van der Waals surface area contributed by atoms with Crippen LogP contribution >= 0.6 is 0 Å². The molecule has 0 spiro atoms. The number of benzene rings is 1. The van der Waals surface area contributed by atoms with E-state index in [0.717, 1.165) is 48.4 Å². The lowest BCUT2D eigenvalue weighted by atomic mass is 9.81. The van der Waals surface area contributed by atoms with Crippen molar-refractivity contribution in [3.05, 3.63) is 42.2 Å². The SMILES string of the molecule is CS(=O)(=O)N1CCC(C(=O)NC2(C#Cc3cncc4ccccc34)CCCCC2)CC1. The predicted octanol–water partition coefficient (Wildman–Crippen LogP) is 3.08. The third kappa shape index (κ3) is 5.08. The lowest BCUT2D eigenvalue weighted by Crippen LogP contribution is -2.52. The Morgan fingerprint density at radius 2 is 1.84 bits per heavy atom. The maximum atomic E-state index is 13.1. The Morgan fingerprint density at radius 3 is 2.55 bits per heavy atom. The molecule has 1 aliphatic carbocycles. The summed E-state index contributed by atoms with van der Waals surface area (Å²) in [6, 6.07) is 8.05. The molecule has 2 fully saturated rings. The number of carbonyl (C=O) groups is 1. The topological polar surface area (TPSA) is 79.4 Å². The van der Waals surface area contributed by atoms with Gasteiger partial charge in [0, 0.05) is 42.2 Å². The molecule has 0 bridgehead atoms. The fourth-order valence-corrected chi connectivity index (χ4v) is 5.50. The van der Waals surface area contributed by atoms with Gasteiger partial charge in [0.2, 0.25) is 15.9 Å². The largest absolute Gasteiger partial charge is 0.340 e. The highest BCUT2D eigenvalue weighted by Crippen LogP contribution is 2.30. The zero-order chi connectivity index (χ0) is 21.9. The van der Waals surface area contributed by atoms with Crippen LogP contribution in [0.15, 0.2) is 36.7 Å². The van der Waals surface area contributed by atoms with Gasteiger partial charge in [-0.3, -0.25) is 9.78 Å². The fraction of sp³-hybridized carbons (Fsp3) is 0.500. The summed E-state index contributed by atoms with van der Waals surface area (Å²) < 4.78 is 25.0. The van der Waals surface area contributed by atoms with Crippen LogP contribution in [0.3, 0.4) is 0 Å². The Hall–Kier alpha value is -2.43. The van der Waals surface area contributed by atoms with Crippen LogP contribution in [-0.4, -0.2) is 48.5 Å². The number of nitrogens with zero attached hydrogens (tertiary/aromatic N) is 2. The van der Waals surface area contributed by atoms with Crippen LogP contribution in [0.1, 0.15) is 50.5 Å². The third-order valence-corrected chi connectivity index (χ3v) is 7.77. The van der Waals surface area contributed by atoms with Crippen molar-refractivity contribution in [2.24, 2.45) is 5.92 Å². The van der Waals surface area contributed by atoms with Crippen molar-refractivity contribution in [2.75, 3.05) is 19.3 Å². The molecule has 0 unspecified atom stereocenters. The van der Waals surface area contributed by atoms with Crippen molar-refractivity contribution in [2.45, 2.75) is 50.5 Å². The molecule has 0 radical (unpaired) electrons. The number of pyridine rings is 1. The first-order chi connectivity index (χ1) is 14.9. The normalized spacial score (nSPS) is 20.0.